The molecule has 10 heteroatoms. The lowest BCUT2D eigenvalue weighted by molar-refractivity contribution is -0.173. The maximum absolute atomic E-state index is 15.0. The Morgan fingerprint density at radius 3 is 2.58 bits per heavy atom. The number of amides is 1. The number of aromatic nitrogens is 1. The Labute approximate surface area is 210 Å². The van der Waals surface area contributed by atoms with E-state index in [0.29, 0.717) is 5.75 Å². The Kier molecular flexibility index (Phi) is 6.05. The molecule has 2 aliphatic heterocycles. The van der Waals surface area contributed by atoms with Crippen molar-refractivity contribution in [3.63, 3.8) is 0 Å². The maximum atomic E-state index is 15.0. The van der Waals surface area contributed by atoms with Gasteiger partial charge in [-0.05, 0) is 42.7 Å². The second-order valence-electron chi connectivity index (χ2n) is 9.37. The zero-order chi connectivity index (χ0) is 25.9. The minimum absolute atomic E-state index is 0.0667. The van der Waals surface area contributed by atoms with Crippen LogP contribution in [0.25, 0.3) is 0 Å². The average molecular weight is 520 g/mol. The number of pyridine rings is 1. The molecule has 190 valence electrons. The van der Waals surface area contributed by atoms with Gasteiger partial charge < -0.3 is 4.90 Å². The fraction of sp³-hybridized carbons (Fsp3) is 0.385. The molecule has 0 bridgehead atoms. The number of hydrogen-bond donors (Lipinski definition) is 0. The zero-order valence-corrected chi connectivity index (χ0v) is 20.7. The molecule has 3 heterocycles. The van der Waals surface area contributed by atoms with E-state index in [4.69, 9.17) is 0 Å². The van der Waals surface area contributed by atoms with Crippen LogP contribution in [-0.2, 0) is 0 Å². The summed E-state index contributed by atoms with van der Waals surface area (Å²) in [5.41, 5.74) is 2.01. The molecule has 0 spiro atoms. The molecule has 1 aromatic heterocycles. The number of fused-ring (bicyclic) bond motifs is 2. The van der Waals surface area contributed by atoms with E-state index in [2.05, 4.69) is 0 Å². The van der Waals surface area contributed by atoms with Crippen molar-refractivity contribution in [2.75, 3.05) is 17.4 Å². The molecule has 1 aromatic carbocycles. The van der Waals surface area contributed by atoms with Gasteiger partial charge in [-0.1, -0.05) is 31.2 Å². The number of allylic oxidation sites excluding steroid dienone is 2. The predicted octanol–water partition coefficient (Wildman–Crippen LogP) is 5.15. The van der Waals surface area contributed by atoms with Crippen LogP contribution in [0.2, 0.25) is 0 Å². The lowest BCUT2D eigenvalue weighted by Gasteiger charge is -2.47. The van der Waals surface area contributed by atoms with Crippen LogP contribution >= 0.6 is 11.8 Å². The second-order valence-corrected chi connectivity index (χ2v) is 10.4. The molecule has 4 atom stereocenters. The fourth-order valence-electron chi connectivity index (χ4n) is 5.18. The first kappa shape index (κ1) is 24.7. The van der Waals surface area contributed by atoms with Gasteiger partial charge in [-0.25, -0.2) is 4.39 Å². The topological polar surface area (TPSA) is 45.6 Å². The maximum Gasteiger partial charge on any atom is 0.408 e. The van der Waals surface area contributed by atoms with E-state index in [1.54, 1.807) is 29.8 Å². The zero-order valence-electron chi connectivity index (χ0n) is 19.9. The molecule has 0 radical (unpaired) electrons. The van der Waals surface area contributed by atoms with Crippen molar-refractivity contribution < 1.29 is 22.4 Å². The summed E-state index contributed by atoms with van der Waals surface area (Å²) in [5.74, 6) is -0.810. The summed E-state index contributed by atoms with van der Waals surface area (Å²) in [6.07, 6.45) is -1.22. The Bertz CT molecular complexity index is 1350. The summed E-state index contributed by atoms with van der Waals surface area (Å²) in [6.45, 7) is 3.77. The monoisotopic (exact) mass is 519 g/mol. The first-order valence-electron chi connectivity index (χ1n) is 11.6. The Morgan fingerprint density at radius 1 is 1.14 bits per heavy atom. The van der Waals surface area contributed by atoms with Gasteiger partial charge >= 0.3 is 6.18 Å². The lowest BCUT2D eigenvalue weighted by Crippen LogP contribution is -2.61. The predicted molar refractivity (Wildman–Crippen MR) is 130 cm³/mol. The molecule has 0 saturated carbocycles. The highest BCUT2D eigenvalue weighted by atomic mass is 32.2. The number of halogens is 4. The van der Waals surface area contributed by atoms with Crippen molar-refractivity contribution in [2.45, 2.75) is 50.1 Å². The summed E-state index contributed by atoms with van der Waals surface area (Å²) in [5, 5.41) is 1.66. The highest BCUT2D eigenvalue weighted by Gasteiger charge is 2.48. The summed E-state index contributed by atoms with van der Waals surface area (Å²) in [7, 11) is 0. The van der Waals surface area contributed by atoms with Gasteiger partial charge in [0.25, 0.3) is 5.91 Å². The molecule has 0 saturated heterocycles. The van der Waals surface area contributed by atoms with E-state index in [1.165, 1.54) is 29.9 Å². The van der Waals surface area contributed by atoms with Crippen LogP contribution in [0.1, 0.15) is 41.5 Å². The minimum Gasteiger partial charge on any atom is -0.306 e. The van der Waals surface area contributed by atoms with Crippen LogP contribution in [0.15, 0.2) is 69.5 Å². The number of carbonyl (C=O) groups is 1. The minimum atomic E-state index is -4.67. The van der Waals surface area contributed by atoms with E-state index >= 15 is 4.39 Å². The van der Waals surface area contributed by atoms with Gasteiger partial charge in [-0.15, -0.1) is 11.8 Å². The van der Waals surface area contributed by atoms with Crippen LogP contribution in [0.3, 0.4) is 0 Å². The van der Waals surface area contributed by atoms with Crippen LogP contribution in [-0.4, -0.2) is 46.3 Å². The van der Waals surface area contributed by atoms with Gasteiger partial charge in [-0.3, -0.25) is 19.3 Å². The molecule has 1 amide bonds. The number of thioether (sulfide) groups is 1. The standard InChI is InChI=1S/C26H25F4N3O2S/c1-14-19(27)9-8-17-12-36-21-7-5-4-6-18(21)24(22(14)17)33-13-31(16(3)26(28,29)30)25(35)23-15(2)20(34)10-11-32(23)33/h4-11,14,16,19,24H,12-13H2,1-3H3/t14?,16?,19?,24-/m1/s1. The van der Waals surface area contributed by atoms with Crippen molar-refractivity contribution in [1.82, 2.24) is 9.58 Å². The highest BCUT2D eigenvalue weighted by Crippen LogP contribution is 2.47. The SMILES string of the molecule is Cc1c2n(ccc1=O)N([C@H]1C3=C(C=CC(F)C3C)CSc3ccccc31)CN(C(C)C(F)(F)F)C2=O. The first-order valence-corrected chi connectivity index (χ1v) is 12.6. The molecule has 0 N–H and O–H groups in total. The smallest absolute Gasteiger partial charge is 0.306 e. The third kappa shape index (κ3) is 3.86. The highest BCUT2D eigenvalue weighted by molar-refractivity contribution is 7.99. The fourth-order valence-corrected chi connectivity index (χ4v) is 6.27. The molecule has 5 nitrogen and oxygen atoms in total. The van der Waals surface area contributed by atoms with Crippen molar-refractivity contribution in [3.05, 3.63) is 86.9 Å². The van der Waals surface area contributed by atoms with Gasteiger partial charge in [0, 0.05) is 34.4 Å². The van der Waals surface area contributed by atoms with E-state index in [-0.39, 0.29) is 17.9 Å². The summed E-state index contributed by atoms with van der Waals surface area (Å²) >= 11 is 1.59. The molecule has 2 aromatic rings. The Balaban J connectivity index is 1.78. The van der Waals surface area contributed by atoms with E-state index < -0.39 is 41.7 Å². The van der Waals surface area contributed by atoms with Crippen LogP contribution in [0.4, 0.5) is 17.6 Å². The van der Waals surface area contributed by atoms with Crippen LogP contribution in [0.5, 0.6) is 0 Å². The molecule has 1 aliphatic carbocycles. The van der Waals surface area contributed by atoms with Crippen molar-refractivity contribution in [2.24, 2.45) is 5.92 Å². The van der Waals surface area contributed by atoms with Gasteiger partial charge in [0.1, 0.15) is 24.6 Å². The molecule has 5 rings (SSSR count). The number of rotatable bonds is 2. The summed E-state index contributed by atoms with van der Waals surface area (Å²) in [6, 6.07) is 6.13. The largest absolute Gasteiger partial charge is 0.408 e. The molecular weight excluding hydrogens is 494 g/mol. The van der Waals surface area contributed by atoms with E-state index in [0.717, 1.165) is 33.4 Å². The normalized spacial score (nSPS) is 24.8. The van der Waals surface area contributed by atoms with E-state index in [1.807, 2.05) is 24.3 Å². The third-order valence-corrected chi connectivity index (χ3v) is 8.45. The lowest BCUT2D eigenvalue weighted by atomic mass is 9.80. The summed E-state index contributed by atoms with van der Waals surface area (Å²) < 4.78 is 58.1. The molecular formula is C26H25F4N3O2S. The first-order chi connectivity index (χ1) is 17.0. The molecule has 0 fully saturated rings. The number of hydrogen-bond acceptors (Lipinski definition) is 4. The average Bonchev–Trinajstić information content (AvgIpc) is 3.00. The van der Waals surface area contributed by atoms with Crippen molar-refractivity contribution >= 4 is 17.7 Å². The Morgan fingerprint density at radius 2 is 1.86 bits per heavy atom. The Hall–Kier alpha value is -3.01. The quantitative estimate of drug-likeness (QED) is 0.515. The van der Waals surface area contributed by atoms with Gasteiger partial charge in [0.15, 0.2) is 5.43 Å². The van der Waals surface area contributed by atoms with Crippen molar-refractivity contribution in [1.29, 1.82) is 0 Å². The second kappa shape index (κ2) is 8.83. The summed E-state index contributed by atoms with van der Waals surface area (Å²) in [4.78, 5) is 27.5. The van der Waals surface area contributed by atoms with Crippen molar-refractivity contribution in [3.8, 4) is 0 Å². The van der Waals surface area contributed by atoms with Crippen LogP contribution < -0.4 is 10.4 Å². The third-order valence-electron chi connectivity index (χ3n) is 7.31. The number of carbonyl (C=O) groups excluding carboxylic acids is 1. The molecule has 3 unspecified atom stereocenters. The van der Waals surface area contributed by atoms with Gasteiger partial charge in [0.05, 0.1) is 6.04 Å². The number of benzene rings is 1. The van der Waals surface area contributed by atoms with E-state index in [9.17, 15) is 22.8 Å². The molecule has 36 heavy (non-hydrogen) atoms. The van der Waals surface area contributed by atoms with Gasteiger partial charge in [-0.2, -0.15) is 13.2 Å². The van der Waals surface area contributed by atoms with Gasteiger partial charge in [0.2, 0.25) is 0 Å². The molecule has 3 aliphatic rings. The van der Waals surface area contributed by atoms with Crippen LogP contribution in [0, 0.1) is 12.8 Å². The number of nitrogens with zero attached hydrogens (tertiary/aromatic N) is 3. The number of alkyl halides is 4.